The van der Waals surface area contributed by atoms with E-state index in [2.05, 4.69) is 27.0 Å². The highest BCUT2D eigenvalue weighted by Gasteiger charge is 2.45. The molecule has 1 aromatic carbocycles. The van der Waals surface area contributed by atoms with E-state index in [1.807, 2.05) is 50.9 Å². The van der Waals surface area contributed by atoms with Crippen LogP contribution in [-0.2, 0) is 16.0 Å². The van der Waals surface area contributed by atoms with Crippen molar-refractivity contribution in [3.05, 3.63) is 34.4 Å². The van der Waals surface area contributed by atoms with E-state index in [4.69, 9.17) is 10.5 Å². The van der Waals surface area contributed by atoms with Crippen LogP contribution >= 0.6 is 15.9 Å². The number of carbonyl (C=O) groups is 1. The van der Waals surface area contributed by atoms with E-state index >= 15 is 0 Å². The summed E-state index contributed by atoms with van der Waals surface area (Å²) in [5.74, 6) is 0.0493. The van der Waals surface area contributed by atoms with Crippen LogP contribution in [0.15, 0.2) is 28.9 Å². The number of fused-ring (bicyclic) bond motifs is 1. The second kappa shape index (κ2) is 6.74. The summed E-state index contributed by atoms with van der Waals surface area (Å²) in [6, 6.07) is 5.55. The minimum atomic E-state index is -0.641. The van der Waals surface area contributed by atoms with Crippen molar-refractivity contribution in [2.45, 2.75) is 51.9 Å². The number of hydrogen-bond donors (Lipinski definition) is 2. The van der Waals surface area contributed by atoms with Gasteiger partial charge in [0.2, 0.25) is 5.91 Å². The Balaban J connectivity index is 1.91. The van der Waals surface area contributed by atoms with Crippen LogP contribution in [0, 0.1) is 5.92 Å². The maximum Gasteiger partial charge on any atom is 0.242 e. The zero-order chi connectivity index (χ0) is 18.4. The van der Waals surface area contributed by atoms with Gasteiger partial charge in [-0.1, -0.05) is 35.8 Å². The zero-order valence-electron chi connectivity index (χ0n) is 15.2. The van der Waals surface area contributed by atoms with Crippen LogP contribution in [0.5, 0.6) is 0 Å². The number of rotatable bonds is 4. The molecule has 2 heterocycles. The lowest BCUT2D eigenvalue weighted by Crippen LogP contribution is -2.55. The second-order valence-electron chi connectivity index (χ2n) is 7.57. The Morgan fingerprint density at radius 3 is 2.88 bits per heavy atom. The second-order valence-corrected chi connectivity index (χ2v) is 8.42. The van der Waals surface area contributed by atoms with E-state index < -0.39 is 11.8 Å². The summed E-state index contributed by atoms with van der Waals surface area (Å²) >= 11 is 3.63. The van der Waals surface area contributed by atoms with E-state index in [-0.39, 0.29) is 17.9 Å². The van der Waals surface area contributed by atoms with Crippen molar-refractivity contribution in [1.82, 2.24) is 9.88 Å². The molecule has 1 fully saturated rings. The van der Waals surface area contributed by atoms with Crippen LogP contribution in [0.25, 0.3) is 10.9 Å². The maximum atomic E-state index is 13.0. The number of aromatic nitrogens is 1. The smallest absolute Gasteiger partial charge is 0.242 e. The number of halogens is 1. The molecular formula is C19H26BrN3O2. The normalized spacial score (nSPS) is 21.2. The highest BCUT2D eigenvalue weighted by Crippen LogP contribution is 2.33. The van der Waals surface area contributed by atoms with Crippen molar-refractivity contribution in [3.8, 4) is 0 Å². The predicted octanol–water partition coefficient (Wildman–Crippen LogP) is 3.42. The van der Waals surface area contributed by atoms with E-state index in [0.29, 0.717) is 6.61 Å². The van der Waals surface area contributed by atoms with Gasteiger partial charge in [0.05, 0.1) is 18.7 Å². The molecule has 1 aromatic heterocycles. The van der Waals surface area contributed by atoms with Gasteiger partial charge in [-0.05, 0) is 43.9 Å². The van der Waals surface area contributed by atoms with Crippen LogP contribution in [0.2, 0.25) is 0 Å². The molecule has 5 nitrogen and oxygen atoms in total. The molecule has 25 heavy (non-hydrogen) atoms. The first-order chi connectivity index (χ1) is 11.7. The van der Waals surface area contributed by atoms with E-state index in [1.165, 1.54) is 5.56 Å². The summed E-state index contributed by atoms with van der Waals surface area (Å²) in [6.45, 7) is 8.32. The molecule has 1 amide bonds. The maximum absolute atomic E-state index is 13.0. The van der Waals surface area contributed by atoms with Crippen molar-refractivity contribution in [3.63, 3.8) is 0 Å². The minimum absolute atomic E-state index is 0.0293. The molecule has 0 unspecified atom stereocenters. The largest absolute Gasteiger partial charge is 0.361 e. The first kappa shape index (κ1) is 18.4. The molecule has 3 N–H and O–H groups in total. The molecule has 1 saturated heterocycles. The van der Waals surface area contributed by atoms with E-state index in [9.17, 15) is 4.79 Å². The number of nitrogens with two attached hydrogens (primary N) is 1. The van der Waals surface area contributed by atoms with Crippen LogP contribution in [-0.4, -0.2) is 40.2 Å². The first-order valence-electron chi connectivity index (χ1n) is 8.69. The average molecular weight is 408 g/mol. The molecule has 0 spiro atoms. The predicted molar refractivity (Wildman–Crippen MR) is 103 cm³/mol. The van der Waals surface area contributed by atoms with Gasteiger partial charge >= 0.3 is 0 Å². The SMILES string of the molecule is CC(C)[C@@H](N)C(=O)N1[C@@H](Cc2c[nH]c3cccc(Br)c23)COC1(C)C. The topological polar surface area (TPSA) is 71.4 Å². The number of H-pyrrole nitrogens is 1. The van der Waals surface area contributed by atoms with Crippen LogP contribution in [0.3, 0.4) is 0 Å². The third kappa shape index (κ3) is 3.35. The summed E-state index contributed by atoms with van der Waals surface area (Å²) in [6.07, 6.45) is 2.74. The van der Waals surface area contributed by atoms with Gasteiger partial charge in [0.1, 0.15) is 5.72 Å². The number of amides is 1. The third-order valence-corrected chi connectivity index (χ3v) is 5.67. The van der Waals surface area contributed by atoms with Crippen molar-refractivity contribution < 1.29 is 9.53 Å². The molecule has 1 aliphatic rings. The van der Waals surface area contributed by atoms with Gasteiger partial charge in [-0.2, -0.15) is 0 Å². The highest BCUT2D eigenvalue weighted by molar-refractivity contribution is 9.10. The molecule has 0 bridgehead atoms. The van der Waals surface area contributed by atoms with Gasteiger partial charge < -0.3 is 20.4 Å². The number of carbonyl (C=O) groups excluding carboxylic acids is 1. The van der Waals surface area contributed by atoms with Gasteiger partial charge in [0.25, 0.3) is 0 Å². The van der Waals surface area contributed by atoms with Crippen LogP contribution in [0.1, 0.15) is 33.3 Å². The van der Waals surface area contributed by atoms with Gasteiger partial charge in [-0.3, -0.25) is 4.79 Å². The van der Waals surface area contributed by atoms with Crippen molar-refractivity contribution in [1.29, 1.82) is 0 Å². The summed E-state index contributed by atoms with van der Waals surface area (Å²) in [4.78, 5) is 18.1. The Kier molecular flexibility index (Phi) is 4.97. The lowest BCUT2D eigenvalue weighted by molar-refractivity contribution is -0.148. The molecular weight excluding hydrogens is 382 g/mol. The number of ether oxygens (including phenoxy) is 1. The Hall–Kier alpha value is -1.37. The molecule has 6 heteroatoms. The Bertz CT molecular complexity index is 784. The number of nitrogens with one attached hydrogen (secondary N) is 1. The Labute approximate surface area is 157 Å². The lowest BCUT2D eigenvalue weighted by atomic mass is 9.99. The standard InChI is InChI=1S/C19H26BrN3O2/c1-11(2)17(21)18(24)23-13(10-25-19(23,3)4)8-12-9-22-15-7-5-6-14(20)16(12)15/h5-7,9,11,13,17,22H,8,10,21H2,1-4H3/t13-,17+/m0/s1. The van der Waals surface area contributed by atoms with Gasteiger partial charge in [-0.25, -0.2) is 0 Å². The number of benzene rings is 1. The van der Waals surface area contributed by atoms with E-state index in [1.54, 1.807) is 0 Å². The molecule has 0 radical (unpaired) electrons. The number of nitrogens with zero attached hydrogens (tertiary/aromatic N) is 1. The molecule has 3 rings (SSSR count). The van der Waals surface area contributed by atoms with Crippen LogP contribution < -0.4 is 5.73 Å². The van der Waals surface area contributed by atoms with Gasteiger partial charge in [0, 0.05) is 21.6 Å². The fourth-order valence-electron chi connectivity index (χ4n) is 3.55. The van der Waals surface area contributed by atoms with Gasteiger partial charge in [0.15, 0.2) is 0 Å². The van der Waals surface area contributed by atoms with Crippen molar-refractivity contribution in [2.75, 3.05) is 6.61 Å². The highest BCUT2D eigenvalue weighted by atomic mass is 79.9. The zero-order valence-corrected chi connectivity index (χ0v) is 16.8. The first-order valence-corrected chi connectivity index (χ1v) is 9.49. The third-order valence-electron chi connectivity index (χ3n) is 5.01. The summed E-state index contributed by atoms with van der Waals surface area (Å²) in [5.41, 5.74) is 7.76. The summed E-state index contributed by atoms with van der Waals surface area (Å²) in [5, 5.41) is 1.16. The monoisotopic (exact) mass is 407 g/mol. The fraction of sp³-hybridized carbons (Fsp3) is 0.526. The quantitative estimate of drug-likeness (QED) is 0.815. The minimum Gasteiger partial charge on any atom is -0.361 e. The van der Waals surface area contributed by atoms with Gasteiger partial charge in [-0.15, -0.1) is 0 Å². The van der Waals surface area contributed by atoms with E-state index in [0.717, 1.165) is 21.8 Å². The van der Waals surface area contributed by atoms with Crippen molar-refractivity contribution in [2.24, 2.45) is 11.7 Å². The molecule has 1 aliphatic heterocycles. The summed E-state index contributed by atoms with van der Waals surface area (Å²) in [7, 11) is 0. The molecule has 136 valence electrons. The summed E-state index contributed by atoms with van der Waals surface area (Å²) < 4.78 is 6.99. The van der Waals surface area contributed by atoms with Crippen molar-refractivity contribution >= 4 is 32.7 Å². The molecule has 2 atom stereocenters. The fourth-order valence-corrected chi connectivity index (χ4v) is 4.17. The lowest BCUT2D eigenvalue weighted by Gasteiger charge is -2.36. The molecule has 0 saturated carbocycles. The number of aromatic amines is 1. The average Bonchev–Trinajstić information content (AvgIpc) is 3.08. The molecule has 2 aromatic rings. The number of hydrogen-bond acceptors (Lipinski definition) is 3. The molecule has 0 aliphatic carbocycles. The Morgan fingerprint density at radius 2 is 2.20 bits per heavy atom. The van der Waals surface area contributed by atoms with Crippen LogP contribution in [0.4, 0.5) is 0 Å². The Morgan fingerprint density at radius 1 is 1.48 bits per heavy atom.